The van der Waals surface area contributed by atoms with Crippen LogP contribution in [0.4, 0.5) is 5.69 Å². The summed E-state index contributed by atoms with van der Waals surface area (Å²) in [4.78, 5) is 13.0. The lowest BCUT2D eigenvalue weighted by atomic mass is 10.2. The predicted octanol–water partition coefficient (Wildman–Crippen LogP) is 5.48. The molecule has 0 bridgehead atoms. The zero-order valence-electron chi connectivity index (χ0n) is 12.9. The number of carbonyl (C=O) groups excluding carboxylic acids is 1. The van der Waals surface area contributed by atoms with Gasteiger partial charge in [-0.15, -0.1) is 11.3 Å². The van der Waals surface area contributed by atoms with Gasteiger partial charge in [-0.05, 0) is 36.4 Å². The van der Waals surface area contributed by atoms with E-state index in [0.29, 0.717) is 32.1 Å². The van der Waals surface area contributed by atoms with Crippen molar-refractivity contribution in [2.75, 3.05) is 19.5 Å². The smallest absolute Gasteiger partial charge is 0.267 e. The molecule has 4 nitrogen and oxygen atoms in total. The minimum atomic E-state index is -0.290. The van der Waals surface area contributed by atoms with Gasteiger partial charge in [-0.2, -0.15) is 0 Å². The van der Waals surface area contributed by atoms with Crippen LogP contribution in [0.1, 0.15) is 9.67 Å². The number of thiophene rings is 1. The lowest BCUT2D eigenvalue weighted by molar-refractivity contribution is 0.103. The molecule has 124 valence electrons. The Kier molecular flexibility index (Phi) is 4.85. The molecule has 0 saturated carbocycles. The summed E-state index contributed by atoms with van der Waals surface area (Å²) in [5, 5.41) is 4.46. The Bertz CT molecular complexity index is 924. The summed E-state index contributed by atoms with van der Waals surface area (Å²) in [7, 11) is 3.13. The van der Waals surface area contributed by atoms with Crippen LogP contribution in [0.5, 0.6) is 11.5 Å². The number of methoxy groups -OCH3 is 2. The maximum Gasteiger partial charge on any atom is 0.267 e. The highest BCUT2D eigenvalue weighted by molar-refractivity contribution is 7.21. The van der Waals surface area contributed by atoms with E-state index in [0.717, 1.165) is 10.1 Å². The van der Waals surface area contributed by atoms with E-state index < -0.39 is 0 Å². The first kappa shape index (κ1) is 16.9. The van der Waals surface area contributed by atoms with Gasteiger partial charge in [-0.3, -0.25) is 4.79 Å². The molecule has 0 aliphatic heterocycles. The highest BCUT2D eigenvalue weighted by Gasteiger charge is 2.18. The highest BCUT2D eigenvalue weighted by atomic mass is 35.5. The van der Waals surface area contributed by atoms with E-state index in [-0.39, 0.29) is 5.91 Å². The molecule has 0 aliphatic rings. The normalized spacial score (nSPS) is 10.7. The molecule has 0 unspecified atom stereocenters. The Balaban J connectivity index is 1.91. The number of amides is 1. The molecule has 24 heavy (non-hydrogen) atoms. The van der Waals surface area contributed by atoms with Gasteiger partial charge in [-0.25, -0.2) is 0 Å². The van der Waals surface area contributed by atoms with Gasteiger partial charge in [0.25, 0.3) is 5.91 Å². The molecule has 1 N–H and O–H groups in total. The molecule has 0 radical (unpaired) electrons. The standard InChI is InChI=1S/C17H13Cl2NO3S/c1-22-10-4-5-11-14(8-10)24-16(15(11)19)17(21)20-9-3-6-13(23-2)12(18)7-9/h3-8H,1-2H3,(H,20,21). The third-order valence-electron chi connectivity index (χ3n) is 3.45. The fraction of sp³-hybridized carbons (Fsp3) is 0.118. The second-order valence-electron chi connectivity index (χ2n) is 4.91. The summed E-state index contributed by atoms with van der Waals surface area (Å²) < 4.78 is 11.2. The molecule has 3 rings (SSSR count). The second kappa shape index (κ2) is 6.89. The number of carbonyl (C=O) groups is 1. The van der Waals surface area contributed by atoms with E-state index in [4.69, 9.17) is 32.7 Å². The molecule has 1 heterocycles. The van der Waals surface area contributed by atoms with Gasteiger partial charge in [0.2, 0.25) is 0 Å². The lowest BCUT2D eigenvalue weighted by Gasteiger charge is -2.07. The first-order valence-electron chi connectivity index (χ1n) is 6.94. The third kappa shape index (κ3) is 3.15. The number of halogens is 2. The fourth-order valence-corrected chi connectivity index (χ4v) is 3.95. The van der Waals surface area contributed by atoms with Crippen LogP contribution in [0, 0.1) is 0 Å². The van der Waals surface area contributed by atoms with Crippen molar-refractivity contribution in [3.8, 4) is 11.5 Å². The molecule has 3 aromatic rings. The average molecular weight is 382 g/mol. The van der Waals surface area contributed by atoms with Gasteiger partial charge >= 0.3 is 0 Å². The zero-order valence-corrected chi connectivity index (χ0v) is 15.2. The van der Waals surface area contributed by atoms with Crippen molar-refractivity contribution < 1.29 is 14.3 Å². The molecular weight excluding hydrogens is 369 g/mol. The summed E-state index contributed by atoms with van der Waals surface area (Å²) in [6.07, 6.45) is 0. The molecule has 0 atom stereocenters. The largest absolute Gasteiger partial charge is 0.497 e. The number of rotatable bonds is 4. The van der Waals surface area contributed by atoms with Gasteiger partial charge in [-0.1, -0.05) is 23.2 Å². The van der Waals surface area contributed by atoms with Gasteiger partial charge in [0.15, 0.2) is 0 Å². The van der Waals surface area contributed by atoms with E-state index in [2.05, 4.69) is 5.32 Å². The van der Waals surface area contributed by atoms with Crippen molar-refractivity contribution >= 4 is 56.2 Å². The summed E-state index contributed by atoms with van der Waals surface area (Å²) in [6, 6.07) is 10.5. The quantitative estimate of drug-likeness (QED) is 0.650. The van der Waals surface area contributed by atoms with Crippen molar-refractivity contribution in [1.82, 2.24) is 0 Å². The van der Waals surface area contributed by atoms with Gasteiger partial charge in [0.05, 0.1) is 24.3 Å². The SMILES string of the molecule is COc1ccc2c(Cl)c(C(=O)Nc3ccc(OC)c(Cl)c3)sc2c1. The van der Waals surface area contributed by atoms with E-state index >= 15 is 0 Å². The summed E-state index contributed by atoms with van der Waals surface area (Å²) >= 11 is 13.7. The van der Waals surface area contributed by atoms with Gasteiger partial charge in [0.1, 0.15) is 16.4 Å². The Labute approximate surface area is 152 Å². The molecule has 2 aromatic carbocycles. The van der Waals surface area contributed by atoms with E-state index in [1.807, 2.05) is 18.2 Å². The van der Waals surface area contributed by atoms with Crippen LogP contribution in [0.25, 0.3) is 10.1 Å². The molecule has 0 saturated heterocycles. The first-order valence-corrected chi connectivity index (χ1v) is 8.51. The molecule has 1 amide bonds. The number of hydrogen-bond donors (Lipinski definition) is 1. The van der Waals surface area contributed by atoms with E-state index in [1.165, 1.54) is 18.4 Å². The number of ether oxygens (including phenoxy) is 2. The van der Waals surface area contributed by atoms with E-state index in [1.54, 1.807) is 25.3 Å². The van der Waals surface area contributed by atoms with Crippen LogP contribution in [-0.2, 0) is 0 Å². The van der Waals surface area contributed by atoms with E-state index in [9.17, 15) is 4.79 Å². The number of nitrogens with one attached hydrogen (secondary N) is 1. The molecule has 7 heteroatoms. The minimum absolute atomic E-state index is 0.290. The zero-order chi connectivity index (χ0) is 17.3. The number of hydrogen-bond acceptors (Lipinski definition) is 4. The van der Waals surface area contributed by atoms with Crippen LogP contribution >= 0.6 is 34.5 Å². The third-order valence-corrected chi connectivity index (χ3v) is 5.40. The van der Waals surface area contributed by atoms with Crippen LogP contribution in [-0.4, -0.2) is 20.1 Å². The maximum atomic E-state index is 12.5. The number of benzene rings is 2. The molecule has 0 spiro atoms. The van der Waals surface area contributed by atoms with Crippen LogP contribution < -0.4 is 14.8 Å². The van der Waals surface area contributed by atoms with Gasteiger partial charge in [0, 0.05) is 15.8 Å². The average Bonchev–Trinajstić information content (AvgIpc) is 2.91. The second-order valence-corrected chi connectivity index (χ2v) is 6.75. The van der Waals surface area contributed by atoms with Gasteiger partial charge < -0.3 is 14.8 Å². The highest BCUT2D eigenvalue weighted by Crippen LogP contribution is 2.37. The minimum Gasteiger partial charge on any atom is -0.497 e. The molecule has 1 aromatic heterocycles. The Hall–Kier alpha value is -1.95. The number of anilines is 1. The summed E-state index contributed by atoms with van der Waals surface area (Å²) in [5.74, 6) is 0.970. The summed E-state index contributed by atoms with van der Waals surface area (Å²) in [5.41, 5.74) is 0.567. The van der Waals surface area contributed by atoms with Crippen molar-refractivity contribution in [2.24, 2.45) is 0 Å². The number of fused-ring (bicyclic) bond motifs is 1. The van der Waals surface area contributed by atoms with Crippen LogP contribution in [0.2, 0.25) is 10.0 Å². The van der Waals surface area contributed by atoms with Crippen molar-refractivity contribution in [3.63, 3.8) is 0 Å². The van der Waals surface area contributed by atoms with Crippen molar-refractivity contribution in [3.05, 3.63) is 51.3 Å². The van der Waals surface area contributed by atoms with Crippen LogP contribution in [0.3, 0.4) is 0 Å². The topological polar surface area (TPSA) is 47.6 Å². The fourth-order valence-electron chi connectivity index (χ4n) is 2.25. The maximum absolute atomic E-state index is 12.5. The predicted molar refractivity (Wildman–Crippen MR) is 99.3 cm³/mol. The lowest BCUT2D eigenvalue weighted by Crippen LogP contribution is -2.10. The molecule has 0 fully saturated rings. The Morgan fingerprint density at radius 3 is 2.54 bits per heavy atom. The Morgan fingerprint density at radius 2 is 1.88 bits per heavy atom. The first-order chi connectivity index (χ1) is 11.5. The summed E-state index contributed by atoms with van der Waals surface area (Å²) in [6.45, 7) is 0. The monoisotopic (exact) mass is 381 g/mol. The molecular formula is C17H13Cl2NO3S. The Morgan fingerprint density at radius 1 is 1.08 bits per heavy atom. The molecule has 0 aliphatic carbocycles. The van der Waals surface area contributed by atoms with Crippen molar-refractivity contribution in [1.29, 1.82) is 0 Å². The van der Waals surface area contributed by atoms with Crippen molar-refractivity contribution in [2.45, 2.75) is 0 Å². The van der Waals surface area contributed by atoms with Crippen LogP contribution in [0.15, 0.2) is 36.4 Å².